The first kappa shape index (κ1) is 12.9. The molecule has 2 aromatic rings. The van der Waals surface area contributed by atoms with Gasteiger partial charge in [0, 0.05) is 31.6 Å². The van der Waals surface area contributed by atoms with Crippen molar-refractivity contribution in [2.24, 2.45) is 5.73 Å². The minimum atomic E-state index is 0.471. The van der Waals surface area contributed by atoms with Crippen LogP contribution in [0.5, 0.6) is 0 Å². The molecule has 6 heteroatoms. The number of nitrogens with two attached hydrogens (primary N) is 1. The van der Waals surface area contributed by atoms with Crippen molar-refractivity contribution in [2.75, 3.05) is 18.5 Å². The molecule has 0 saturated carbocycles. The van der Waals surface area contributed by atoms with Gasteiger partial charge in [-0.25, -0.2) is 0 Å². The van der Waals surface area contributed by atoms with Crippen LogP contribution in [-0.2, 0) is 13.0 Å². The first-order chi connectivity index (χ1) is 8.70. The van der Waals surface area contributed by atoms with E-state index in [1.165, 1.54) is 0 Å². The van der Waals surface area contributed by atoms with Crippen molar-refractivity contribution >= 4 is 17.6 Å². The number of anilines is 1. The highest BCUT2D eigenvalue weighted by Crippen LogP contribution is 2.19. The molecule has 0 amide bonds. The van der Waals surface area contributed by atoms with Crippen molar-refractivity contribution in [3.05, 3.63) is 40.7 Å². The summed E-state index contributed by atoms with van der Waals surface area (Å²) in [5, 5.41) is 8.62. The van der Waals surface area contributed by atoms with E-state index in [1.54, 1.807) is 0 Å². The summed E-state index contributed by atoms with van der Waals surface area (Å²) < 4.78 is 5.48. The van der Waals surface area contributed by atoms with Crippen LogP contribution in [0.25, 0.3) is 0 Å². The van der Waals surface area contributed by atoms with Crippen molar-refractivity contribution in [3.63, 3.8) is 0 Å². The van der Waals surface area contributed by atoms with E-state index in [1.807, 2.05) is 36.2 Å². The number of benzene rings is 1. The number of aromatic nitrogens is 2. The van der Waals surface area contributed by atoms with Crippen LogP contribution in [0.3, 0.4) is 0 Å². The lowest BCUT2D eigenvalue weighted by atomic mass is 10.2. The lowest BCUT2D eigenvalue weighted by molar-refractivity contribution is 0.490. The van der Waals surface area contributed by atoms with E-state index in [9.17, 15) is 0 Å². The Morgan fingerprint density at radius 2 is 2.11 bits per heavy atom. The second kappa shape index (κ2) is 5.84. The van der Waals surface area contributed by atoms with Gasteiger partial charge in [0.05, 0.1) is 0 Å². The Hall–Kier alpha value is -1.59. The maximum absolute atomic E-state index is 6.10. The van der Waals surface area contributed by atoms with Crippen LogP contribution in [0.4, 0.5) is 6.01 Å². The zero-order valence-corrected chi connectivity index (χ0v) is 10.9. The molecular weight excluding hydrogens is 252 g/mol. The standard InChI is InChI=1S/C12H15ClN4O/c1-17(8-9-4-2-3-5-10(9)13)12-16-15-11(18-12)6-7-14/h2-5H,6-8,14H2,1H3. The van der Waals surface area contributed by atoms with E-state index in [2.05, 4.69) is 10.2 Å². The smallest absolute Gasteiger partial charge is 0.318 e. The molecule has 2 N–H and O–H groups in total. The molecule has 0 bridgehead atoms. The Morgan fingerprint density at radius 3 is 2.83 bits per heavy atom. The van der Waals surface area contributed by atoms with Crippen LogP contribution in [0.1, 0.15) is 11.5 Å². The van der Waals surface area contributed by atoms with Crippen molar-refractivity contribution in [1.29, 1.82) is 0 Å². The lowest BCUT2D eigenvalue weighted by Crippen LogP contribution is -2.16. The molecule has 5 nitrogen and oxygen atoms in total. The molecule has 1 aromatic carbocycles. The van der Waals surface area contributed by atoms with Gasteiger partial charge >= 0.3 is 6.01 Å². The fourth-order valence-electron chi connectivity index (χ4n) is 1.57. The Morgan fingerprint density at radius 1 is 1.33 bits per heavy atom. The molecule has 0 radical (unpaired) electrons. The summed E-state index contributed by atoms with van der Waals surface area (Å²) in [5.74, 6) is 0.554. The SMILES string of the molecule is CN(Cc1ccccc1Cl)c1nnc(CCN)o1. The zero-order chi connectivity index (χ0) is 13.0. The van der Waals surface area contributed by atoms with Crippen LogP contribution in [0.2, 0.25) is 5.02 Å². The first-order valence-electron chi connectivity index (χ1n) is 5.67. The van der Waals surface area contributed by atoms with Crippen molar-refractivity contribution in [2.45, 2.75) is 13.0 Å². The summed E-state index contributed by atoms with van der Waals surface area (Å²) in [7, 11) is 1.88. The van der Waals surface area contributed by atoms with E-state index >= 15 is 0 Å². The highest BCUT2D eigenvalue weighted by atomic mass is 35.5. The highest BCUT2D eigenvalue weighted by Gasteiger charge is 2.11. The summed E-state index contributed by atoms with van der Waals surface area (Å²) >= 11 is 6.10. The van der Waals surface area contributed by atoms with Gasteiger partial charge in [0.25, 0.3) is 0 Å². The van der Waals surface area contributed by atoms with Crippen LogP contribution in [0, 0.1) is 0 Å². The molecular formula is C12H15ClN4O. The normalized spacial score (nSPS) is 10.6. The molecule has 0 spiro atoms. The first-order valence-corrected chi connectivity index (χ1v) is 6.05. The second-order valence-electron chi connectivity index (χ2n) is 3.96. The summed E-state index contributed by atoms with van der Waals surface area (Å²) in [6, 6.07) is 8.15. The molecule has 0 aliphatic rings. The quantitative estimate of drug-likeness (QED) is 0.895. The average molecular weight is 267 g/mol. The Balaban J connectivity index is 2.07. The van der Waals surface area contributed by atoms with Gasteiger partial charge in [-0.05, 0) is 11.6 Å². The van der Waals surface area contributed by atoms with Crippen LogP contribution >= 0.6 is 11.6 Å². The Kier molecular flexibility index (Phi) is 4.17. The molecule has 0 saturated heterocycles. The number of rotatable bonds is 5. The highest BCUT2D eigenvalue weighted by molar-refractivity contribution is 6.31. The van der Waals surface area contributed by atoms with E-state index < -0.39 is 0 Å². The van der Waals surface area contributed by atoms with Crippen LogP contribution < -0.4 is 10.6 Å². The van der Waals surface area contributed by atoms with Crippen LogP contribution in [0.15, 0.2) is 28.7 Å². The van der Waals surface area contributed by atoms with E-state index in [0.717, 1.165) is 10.6 Å². The largest absolute Gasteiger partial charge is 0.408 e. The molecule has 0 atom stereocenters. The number of hydrogen-bond acceptors (Lipinski definition) is 5. The van der Waals surface area contributed by atoms with Crippen LogP contribution in [-0.4, -0.2) is 23.8 Å². The molecule has 0 fully saturated rings. The number of nitrogens with zero attached hydrogens (tertiary/aromatic N) is 3. The summed E-state index contributed by atoms with van der Waals surface area (Å²) in [5.41, 5.74) is 6.44. The molecule has 18 heavy (non-hydrogen) atoms. The molecule has 0 aliphatic carbocycles. The van der Waals surface area contributed by atoms with Crippen molar-refractivity contribution in [3.8, 4) is 0 Å². The summed E-state index contributed by atoms with van der Waals surface area (Å²) in [4.78, 5) is 1.86. The third kappa shape index (κ3) is 3.00. The van der Waals surface area contributed by atoms with Gasteiger partial charge in [0.2, 0.25) is 5.89 Å². The molecule has 1 heterocycles. The maximum atomic E-state index is 6.10. The van der Waals surface area contributed by atoms with Crippen molar-refractivity contribution in [1.82, 2.24) is 10.2 Å². The average Bonchev–Trinajstić information content (AvgIpc) is 2.81. The molecule has 0 unspecified atom stereocenters. The number of hydrogen-bond donors (Lipinski definition) is 1. The second-order valence-corrected chi connectivity index (χ2v) is 4.37. The van der Waals surface area contributed by atoms with Gasteiger partial charge < -0.3 is 15.1 Å². The van der Waals surface area contributed by atoms with Gasteiger partial charge in [-0.3, -0.25) is 0 Å². The predicted molar refractivity (Wildman–Crippen MR) is 70.6 cm³/mol. The predicted octanol–water partition coefficient (Wildman–Crippen LogP) is 1.86. The van der Waals surface area contributed by atoms with E-state index in [4.69, 9.17) is 21.8 Å². The lowest BCUT2D eigenvalue weighted by Gasteiger charge is -2.14. The van der Waals surface area contributed by atoms with E-state index in [-0.39, 0.29) is 0 Å². The Bertz CT molecular complexity index is 514. The molecule has 2 rings (SSSR count). The minimum Gasteiger partial charge on any atom is -0.408 e. The van der Waals surface area contributed by atoms with Gasteiger partial charge in [-0.2, -0.15) is 0 Å². The maximum Gasteiger partial charge on any atom is 0.318 e. The monoisotopic (exact) mass is 266 g/mol. The topological polar surface area (TPSA) is 68.2 Å². The zero-order valence-electron chi connectivity index (χ0n) is 10.1. The fraction of sp³-hybridized carbons (Fsp3) is 0.333. The molecule has 1 aromatic heterocycles. The van der Waals surface area contributed by atoms with Gasteiger partial charge in [0.15, 0.2) is 0 Å². The number of halogens is 1. The third-order valence-corrected chi connectivity index (χ3v) is 2.88. The van der Waals surface area contributed by atoms with Gasteiger partial charge in [0.1, 0.15) is 0 Å². The van der Waals surface area contributed by atoms with Crippen molar-refractivity contribution < 1.29 is 4.42 Å². The molecule has 0 aliphatic heterocycles. The minimum absolute atomic E-state index is 0.471. The summed E-state index contributed by atoms with van der Waals surface area (Å²) in [6.07, 6.45) is 0.590. The fourth-order valence-corrected chi connectivity index (χ4v) is 1.77. The Labute approximate surface area is 111 Å². The van der Waals surface area contributed by atoms with Gasteiger partial charge in [-0.15, -0.1) is 5.10 Å². The third-order valence-electron chi connectivity index (χ3n) is 2.51. The van der Waals surface area contributed by atoms with E-state index in [0.29, 0.717) is 31.4 Å². The molecule has 96 valence electrons. The van der Waals surface area contributed by atoms with Gasteiger partial charge in [-0.1, -0.05) is 34.9 Å². The summed E-state index contributed by atoms with van der Waals surface area (Å²) in [6.45, 7) is 1.11.